The van der Waals surface area contributed by atoms with Gasteiger partial charge in [0, 0.05) is 20.2 Å². The van der Waals surface area contributed by atoms with Crippen molar-refractivity contribution in [2.75, 3.05) is 11.1 Å². The maximum absolute atomic E-state index is 12.2. The van der Waals surface area contributed by atoms with E-state index in [0.717, 1.165) is 0 Å². The Hall–Kier alpha value is -1.86. The van der Waals surface area contributed by atoms with Crippen molar-refractivity contribution < 1.29 is 14.7 Å². The van der Waals surface area contributed by atoms with Crippen molar-refractivity contribution in [3.05, 3.63) is 56.5 Å². The first-order valence-electron chi connectivity index (χ1n) is 5.78. The Balaban J connectivity index is 2.36. The molecule has 21 heavy (non-hydrogen) atoms. The normalized spacial score (nSPS) is 10.2. The molecule has 0 unspecified atom stereocenters. The highest BCUT2D eigenvalue weighted by atomic mass is 79.9. The van der Waals surface area contributed by atoms with Gasteiger partial charge < -0.3 is 16.2 Å². The molecule has 0 aliphatic rings. The number of carbonyl (C=O) groups excluding carboxylic acids is 1. The molecular weight excluding hydrogens is 404 g/mol. The second-order valence-corrected chi connectivity index (χ2v) is 5.87. The number of para-hydroxylation sites is 1. The number of nitrogens with one attached hydrogen (secondary N) is 1. The fourth-order valence-corrected chi connectivity index (χ4v) is 2.41. The van der Waals surface area contributed by atoms with Crippen LogP contribution in [0.25, 0.3) is 0 Å². The molecule has 5 nitrogen and oxygen atoms in total. The van der Waals surface area contributed by atoms with Crippen molar-refractivity contribution in [3.63, 3.8) is 0 Å². The third-order valence-electron chi connectivity index (χ3n) is 2.74. The van der Waals surface area contributed by atoms with Crippen LogP contribution in [0.3, 0.4) is 0 Å². The van der Waals surface area contributed by atoms with Crippen LogP contribution in [-0.2, 0) is 0 Å². The van der Waals surface area contributed by atoms with Crippen molar-refractivity contribution in [2.45, 2.75) is 0 Å². The number of rotatable bonds is 3. The van der Waals surface area contributed by atoms with E-state index in [2.05, 4.69) is 37.2 Å². The Morgan fingerprint density at radius 2 is 1.81 bits per heavy atom. The average molecular weight is 414 g/mol. The molecule has 0 aliphatic heterocycles. The Labute approximate surface area is 137 Å². The fourth-order valence-electron chi connectivity index (χ4n) is 1.70. The van der Waals surface area contributed by atoms with Crippen molar-refractivity contribution in [1.82, 2.24) is 0 Å². The summed E-state index contributed by atoms with van der Waals surface area (Å²) >= 11 is 6.48. The molecule has 0 saturated heterocycles. The summed E-state index contributed by atoms with van der Waals surface area (Å²) in [6, 6.07) is 9.41. The fraction of sp³-hybridized carbons (Fsp3) is 0. The largest absolute Gasteiger partial charge is 0.478 e. The molecule has 0 aromatic heterocycles. The van der Waals surface area contributed by atoms with E-state index in [1.165, 1.54) is 12.1 Å². The van der Waals surface area contributed by atoms with E-state index in [0.29, 0.717) is 20.2 Å². The van der Waals surface area contributed by atoms with E-state index in [1.807, 2.05) is 0 Å². The monoisotopic (exact) mass is 412 g/mol. The lowest BCUT2D eigenvalue weighted by atomic mass is 10.1. The number of hydrogen-bond acceptors (Lipinski definition) is 3. The summed E-state index contributed by atoms with van der Waals surface area (Å²) in [6.45, 7) is 0. The van der Waals surface area contributed by atoms with Gasteiger partial charge in [-0.3, -0.25) is 4.79 Å². The maximum atomic E-state index is 12.2. The van der Waals surface area contributed by atoms with Gasteiger partial charge in [-0.1, -0.05) is 6.07 Å². The summed E-state index contributed by atoms with van der Waals surface area (Å²) in [4.78, 5) is 23.4. The van der Waals surface area contributed by atoms with Crippen LogP contribution in [-0.4, -0.2) is 17.0 Å². The van der Waals surface area contributed by atoms with Crippen LogP contribution in [0.1, 0.15) is 20.7 Å². The Morgan fingerprint density at radius 3 is 2.43 bits per heavy atom. The molecule has 0 atom stereocenters. The summed E-state index contributed by atoms with van der Waals surface area (Å²) < 4.78 is 1.17. The smallest absolute Gasteiger partial charge is 0.337 e. The van der Waals surface area contributed by atoms with E-state index in [1.54, 1.807) is 24.3 Å². The van der Waals surface area contributed by atoms with Gasteiger partial charge >= 0.3 is 5.97 Å². The average Bonchev–Trinajstić information content (AvgIpc) is 2.43. The zero-order valence-electron chi connectivity index (χ0n) is 10.6. The van der Waals surface area contributed by atoms with Gasteiger partial charge in [0.25, 0.3) is 5.91 Å². The first-order chi connectivity index (χ1) is 9.90. The van der Waals surface area contributed by atoms with Crippen molar-refractivity contribution in [3.8, 4) is 0 Å². The molecule has 0 aliphatic carbocycles. The standard InChI is InChI=1S/C14H10Br2N2O3/c15-9-5-4-7(6-11(9)17)13(19)18-12-8(14(20)21)2-1-3-10(12)16/h1-6H,17H2,(H,18,19)(H,20,21). The van der Waals surface area contributed by atoms with Crippen molar-refractivity contribution in [1.29, 1.82) is 0 Å². The molecule has 4 N–H and O–H groups in total. The van der Waals surface area contributed by atoms with E-state index >= 15 is 0 Å². The number of carbonyl (C=O) groups is 2. The third kappa shape index (κ3) is 3.43. The van der Waals surface area contributed by atoms with Crippen LogP contribution in [0, 0.1) is 0 Å². The van der Waals surface area contributed by atoms with Crippen molar-refractivity contribution in [2.24, 2.45) is 0 Å². The van der Waals surface area contributed by atoms with E-state index in [-0.39, 0.29) is 11.3 Å². The number of benzene rings is 2. The molecular formula is C14H10Br2N2O3. The number of nitrogens with two attached hydrogens (primary N) is 1. The molecule has 2 aromatic rings. The second kappa shape index (κ2) is 6.28. The molecule has 0 saturated carbocycles. The van der Waals surface area contributed by atoms with Crippen LogP contribution in [0.15, 0.2) is 45.3 Å². The number of halogens is 2. The van der Waals surface area contributed by atoms with E-state index in [4.69, 9.17) is 10.8 Å². The van der Waals surface area contributed by atoms with Gasteiger partial charge in [-0.25, -0.2) is 4.79 Å². The molecule has 108 valence electrons. The van der Waals surface area contributed by atoms with Crippen LogP contribution >= 0.6 is 31.9 Å². The van der Waals surface area contributed by atoms with Crippen molar-refractivity contribution >= 4 is 55.1 Å². The molecule has 2 aromatic carbocycles. The van der Waals surface area contributed by atoms with Gasteiger partial charge in [-0.2, -0.15) is 0 Å². The molecule has 0 spiro atoms. The van der Waals surface area contributed by atoms with Gasteiger partial charge in [0.1, 0.15) is 0 Å². The quantitative estimate of drug-likeness (QED) is 0.668. The molecule has 7 heteroatoms. The number of amides is 1. The third-order valence-corrected chi connectivity index (χ3v) is 4.12. The van der Waals surface area contributed by atoms with Gasteiger partial charge in [-0.05, 0) is 62.2 Å². The number of aromatic carboxylic acids is 1. The molecule has 0 heterocycles. The lowest BCUT2D eigenvalue weighted by Gasteiger charge is -2.11. The van der Waals surface area contributed by atoms with Gasteiger partial charge in [0.15, 0.2) is 0 Å². The first kappa shape index (κ1) is 15.5. The Bertz CT molecular complexity index is 732. The van der Waals surface area contributed by atoms with Crippen LogP contribution in [0.5, 0.6) is 0 Å². The van der Waals surface area contributed by atoms with Crippen LogP contribution in [0.2, 0.25) is 0 Å². The lowest BCUT2D eigenvalue weighted by molar-refractivity contribution is 0.0698. The summed E-state index contributed by atoms with van der Waals surface area (Å²) in [5, 5.41) is 11.7. The summed E-state index contributed by atoms with van der Waals surface area (Å²) in [5.74, 6) is -1.56. The highest BCUT2D eigenvalue weighted by molar-refractivity contribution is 9.11. The SMILES string of the molecule is Nc1cc(C(=O)Nc2c(Br)cccc2C(=O)O)ccc1Br. The molecule has 0 radical (unpaired) electrons. The predicted octanol–water partition coefficient (Wildman–Crippen LogP) is 3.74. The van der Waals surface area contributed by atoms with Gasteiger partial charge in [0.2, 0.25) is 0 Å². The molecule has 0 fully saturated rings. The minimum atomic E-state index is -1.12. The number of carboxylic acid groups (broad SMARTS) is 1. The lowest BCUT2D eigenvalue weighted by Crippen LogP contribution is -2.15. The Morgan fingerprint density at radius 1 is 1.10 bits per heavy atom. The minimum absolute atomic E-state index is 0.00260. The first-order valence-corrected chi connectivity index (χ1v) is 7.37. The number of hydrogen-bond donors (Lipinski definition) is 3. The summed E-state index contributed by atoms with van der Waals surface area (Å²) in [6.07, 6.45) is 0. The number of carboxylic acids is 1. The zero-order chi connectivity index (χ0) is 15.6. The van der Waals surface area contributed by atoms with Gasteiger partial charge in [-0.15, -0.1) is 0 Å². The highest BCUT2D eigenvalue weighted by Crippen LogP contribution is 2.28. The van der Waals surface area contributed by atoms with Gasteiger partial charge in [0.05, 0.1) is 11.3 Å². The maximum Gasteiger partial charge on any atom is 0.337 e. The second-order valence-electron chi connectivity index (χ2n) is 4.16. The summed E-state index contributed by atoms with van der Waals surface area (Å²) in [5.41, 5.74) is 6.70. The highest BCUT2D eigenvalue weighted by Gasteiger charge is 2.16. The predicted molar refractivity (Wildman–Crippen MR) is 87.6 cm³/mol. The van der Waals surface area contributed by atoms with E-state index < -0.39 is 11.9 Å². The topological polar surface area (TPSA) is 92.4 Å². The summed E-state index contributed by atoms with van der Waals surface area (Å²) in [7, 11) is 0. The zero-order valence-corrected chi connectivity index (χ0v) is 13.7. The molecule has 1 amide bonds. The number of nitrogen functional groups attached to an aromatic ring is 1. The van der Waals surface area contributed by atoms with Crippen LogP contribution < -0.4 is 11.1 Å². The molecule has 2 rings (SSSR count). The minimum Gasteiger partial charge on any atom is -0.478 e. The molecule has 0 bridgehead atoms. The number of anilines is 2. The Kier molecular flexibility index (Phi) is 4.64. The van der Waals surface area contributed by atoms with Crippen LogP contribution in [0.4, 0.5) is 11.4 Å². The van der Waals surface area contributed by atoms with E-state index in [9.17, 15) is 9.59 Å².